The van der Waals surface area contributed by atoms with Crippen LogP contribution in [0, 0.1) is 35.3 Å². The Labute approximate surface area is 195 Å². The maximum Gasteiger partial charge on any atom is 0.246 e. The van der Waals surface area contributed by atoms with E-state index in [1.165, 1.54) is 17.1 Å². The molecule has 0 N–H and O–H groups in total. The molecule has 0 saturated heterocycles. The minimum Gasteiger partial charge on any atom is -0.273 e. The summed E-state index contributed by atoms with van der Waals surface area (Å²) in [5, 5.41) is 11.7. The second kappa shape index (κ2) is 7.90. The molecule has 2 heterocycles. The standard InChI is InChI=1S/C25H23ClF2N4O/c26-24-20-3-1-2-4-23(20)31(30-24)13-17-11-21(15-7-14(17)8-15)25(33)32-22(5-6-29-32)16-9-18(27)12-19(28)10-16/h1-4,6,9-10,12,14-15,17,21-22H,5,7-8,11,13H2/t14?,15?,17-,21-,22?/m0/s1. The number of nitrogens with zero attached hydrogens (tertiary/aromatic N) is 4. The Kier molecular flexibility index (Phi) is 4.98. The molecule has 2 aromatic carbocycles. The molecule has 170 valence electrons. The van der Waals surface area contributed by atoms with Gasteiger partial charge in [-0.25, -0.2) is 13.8 Å². The summed E-state index contributed by atoms with van der Waals surface area (Å²) in [7, 11) is 0. The van der Waals surface area contributed by atoms with Crippen LogP contribution in [0.15, 0.2) is 47.6 Å². The van der Waals surface area contributed by atoms with Gasteiger partial charge in [0, 0.05) is 36.6 Å². The van der Waals surface area contributed by atoms with Crippen molar-refractivity contribution in [3.8, 4) is 0 Å². The molecule has 2 bridgehead atoms. The monoisotopic (exact) mass is 468 g/mol. The van der Waals surface area contributed by atoms with Crippen LogP contribution in [0.2, 0.25) is 5.15 Å². The molecule has 3 saturated carbocycles. The molecule has 0 spiro atoms. The van der Waals surface area contributed by atoms with Crippen molar-refractivity contribution in [2.45, 2.75) is 38.3 Å². The second-order valence-electron chi connectivity index (χ2n) is 9.52. The first-order valence-electron chi connectivity index (χ1n) is 11.4. The number of para-hydroxylation sites is 1. The lowest BCUT2D eigenvalue weighted by Crippen LogP contribution is -2.49. The van der Waals surface area contributed by atoms with Gasteiger partial charge in [0.2, 0.25) is 5.91 Å². The lowest BCUT2D eigenvalue weighted by Gasteiger charge is -2.51. The Hall–Kier alpha value is -2.80. The normalized spacial score (nSPS) is 28.3. The Morgan fingerprint density at radius 2 is 1.82 bits per heavy atom. The highest BCUT2D eigenvalue weighted by atomic mass is 35.5. The van der Waals surface area contributed by atoms with E-state index in [1.54, 1.807) is 6.21 Å². The van der Waals surface area contributed by atoms with E-state index in [0.717, 1.165) is 42.8 Å². The summed E-state index contributed by atoms with van der Waals surface area (Å²) in [5.74, 6) is -0.236. The molecule has 4 aliphatic rings. The number of fused-ring (bicyclic) bond motifs is 3. The van der Waals surface area contributed by atoms with Gasteiger partial charge in [0.1, 0.15) is 11.6 Å². The van der Waals surface area contributed by atoms with Crippen molar-refractivity contribution >= 4 is 34.6 Å². The van der Waals surface area contributed by atoms with E-state index in [-0.39, 0.29) is 11.8 Å². The van der Waals surface area contributed by atoms with Crippen molar-refractivity contribution in [2.24, 2.45) is 28.8 Å². The fourth-order valence-corrected chi connectivity index (χ4v) is 6.20. The van der Waals surface area contributed by atoms with Crippen LogP contribution < -0.4 is 0 Å². The summed E-state index contributed by atoms with van der Waals surface area (Å²) in [6.45, 7) is 0.718. The predicted molar refractivity (Wildman–Crippen MR) is 122 cm³/mol. The third-order valence-corrected chi connectivity index (χ3v) is 7.95. The zero-order valence-electron chi connectivity index (χ0n) is 17.9. The number of amides is 1. The van der Waals surface area contributed by atoms with Crippen LogP contribution in [0.1, 0.15) is 37.3 Å². The first kappa shape index (κ1) is 20.8. The number of rotatable bonds is 4. The Balaban J connectivity index is 1.22. The predicted octanol–water partition coefficient (Wildman–Crippen LogP) is 5.59. The summed E-state index contributed by atoms with van der Waals surface area (Å²) < 4.78 is 29.6. The molecule has 3 aromatic rings. The molecule has 1 aromatic heterocycles. The molecule has 3 fully saturated rings. The summed E-state index contributed by atoms with van der Waals surface area (Å²) in [6.07, 6.45) is 4.91. The average Bonchev–Trinajstić information content (AvgIpc) is 3.37. The minimum absolute atomic E-state index is 0.0464. The molecule has 3 atom stereocenters. The third-order valence-electron chi connectivity index (χ3n) is 7.67. The molecule has 1 aliphatic heterocycles. The highest BCUT2D eigenvalue weighted by Crippen LogP contribution is 2.53. The second-order valence-corrected chi connectivity index (χ2v) is 9.88. The van der Waals surface area contributed by atoms with Crippen LogP contribution >= 0.6 is 11.6 Å². The number of halogens is 3. The van der Waals surface area contributed by atoms with E-state index in [9.17, 15) is 13.6 Å². The van der Waals surface area contributed by atoms with Gasteiger partial charge in [0.25, 0.3) is 0 Å². The summed E-state index contributed by atoms with van der Waals surface area (Å²) in [4.78, 5) is 13.6. The van der Waals surface area contributed by atoms with Crippen LogP contribution in [0.25, 0.3) is 10.9 Å². The van der Waals surface area contributed by atoms with Crippen LogP contribution in [0.5, 0.6) is 0 Å². The Bertz CT molecular complexity index is 1250. The van der Waals surface area contributed by atoms with Crippen molar-refractivity contribution in [2.75, 3.05) is 0 Å². The van der Waals surface area contributed by atoms with Crippen molar-refractivity contribution in [1.29, 1.82) is 0 Å². The van der Waals surface area contributed by atoms with Crippen LogP contribution in [0.3, 0.4) is 0 Å². The quantitative estimate of drug-likeness (QED) is 0.501. The Morgan fingerprint density at radius 1 is 1.06 bits per heavy atom. The molecule has 1 unspecified atom stereocenters. The van der Waals surface area contributed by atoms with E-state index in [4.69, 9.17) is 11.6 Å². The summed E-state index contributed by atoms with van der Waals surface area (Å²) >= 11 is 6.34. The first-order chi connectivity index (χ1) is 16.0. The zero-order valence-corrected chi connectivity index (χ0v) is 18.6. The number of carbonyl (C=O) groups excluding carboxylic acids is 1. The van der Waals surface area contributed by atoms with Crippen LogP contribution in [0.4, 0.5) is 8.78 Å². The average molecular weight is 469 g/mol. The summed E-state index contributed by atoms with van der Waals surface area (Å²) in [6, 6.07) is 10.9. The SMILES string of the molecule is O=C([C@H]1C[C@@H](Cn2nc(Cl)c3ccccc32)C2CC1C2)N1N=CCC1c1cc(F)cc(F)c1. The minimum atomic E-state index is -0.644. The Morgan fingerprint density at radius 3 is 2.61 bits per heavy atom. The molecular formula is C25H23ClF2N4O. The smallest absolute Gasteiger partial charge is 0.246 e. The van der Waals surface area contributed by atoms with Crippen LogP contribution in [-0.2, 0) is 11.3 Å². The van der Waals surface area contributed by atoms with Gasteiger partial charge in [0.05, 0.1) is 11.6 Å². The van der Waals surface area contributed by atoms with E-state index >= 15 is 0 Å². The molecule has 33 heavy (non-hydrogen) atoms. The third kappa shape index (κ3) is 3.53. The molecule has 3 aliphatic carbocycles. The van der Waals surface area contributed by atoms with Crippen molar-refractivity contribution in [3.63, 3.8) is 0 Å². The molecule has 5 nitrogen and oxygen atoms in total. The van der Waals surface area contributed by atoms with Gasteiger partial charge < -0.3 is 0 Å². The molecule has 0 radical (unpaired) electrons. The highest BCUT2D eigenvalue weighted by Gasteiger charge is 2.50. The lowest BCUT2D eigenvalue weighted by molar-refractivity contribution is -0.147. The summed E-state index contributed by atoms with van der Waals surface area (Å²) in [5.41, 5.74) is 1.44. The lowest BCUT2D eigenvalue weighted by atomic mass is 9.55. The number of carbonyl (C=O) groups is 1. The van der Waals surface area contributed by atoms with Gasteiger partial charge in [-0.1, -0.05) is 23.7 Å². The number of hydrogen-bond acceptors (Lipinski definition) is 3. The van der Waals surface area contributed by atoms with E-state index in [2.05, 4.69) is 10.2 Å². The number of aromatic nitrogens is 2. The fraction of sp³-hybridized carbons (Fsp3) is 0.400. The topological polar surface area (TPSA) is 50.5 Å². The van der Waals surface area contributed by atoms with Crippen molar-refractivity contribution < 1.29 is 13.6 Å². The van der Waals surface area contributed by atoms with Crippen molar-refractivity contribution in [3.05, 3.63) is 64.8 Å². The maximum absolute atomic E-state index is 13.8. The largest absolute Gasteiger partial charge is 0.273 e. The van der Waals surface area contributed by atoms with Gasteiger partial charge in [-0.15, -0.1) is 0 Å². The molecule has 1 amide bonds. The maximum atomic E-state index is 13.8. The molecular weight excluding hydrogens is 446 g/mol. The molecule has 7 rings (SSSR count). The van der Waals surface area contributed by atoms with Gasteiger partial charge in [-0.3, -0.25) is 9.48 Å². The van der Waals surface area contributed by atoms with E-state index in [0.29, 0.717) is 34.9 Å². The fourth-order valence-electron chi connectivity index (χ4n) is 5.95. The van der Waals surface area contributed by atoms with Gasteiger partial charge in [0.15, 0.2) is 5.15 Å². The van der Waals surface area contributed by atoms with E-state index < -0.39 is 17.7 Å². The highest BCUT2D eigenvalue weighted by molar-refractivity contribution is 6.34. The van der Waals surface area contributed by atoms with Gasteiger partial charge in [-0.2, -0.15) is 10.2 Å². The first-order valence-corrected chi connectivity index (χ1v) is 11.8. The van der Waals surface area contributed by atoms with Crippen molar-refractivity contribution in [1.82, 2.24) is 14.8 Å². The van der Waals surface area contributed by atoms with Crippen LogP contribution in [-0.4, -0.2) is 26.9 Å². The van der Waals surface area contributed by atoms with Gasteiger partial charge in [-0.05, 0) is 66.8 Å². The number of hydrogen-bond donors (Lipinski definition) is 0. The zero-order chi connectivity index (χ0) is 22.7. The van der Waals surface area contributed by atoms with Gasteiger partial charge >= 0.3 is 0 Å². The molecule has 8 heteroatoms. The number of hydrazone groups is 1. The number of benzene rings is 2. The van der Waals surface area contributed by atoms with E-state index in [1.807, 2.05) is 28.9 Å².